The lowest BCUT2D eigenvalue weighted by Crippen LogP contribution is -2.05. The molecule has 1 heterocycles. The second-order valence-electron chi connectivity index (χ2n) is 5.04. The van der Waals surface area contributed by atoms with E-state index in [0.717, 1.165) is 34.9 Å². The highest BCUT2D eigenvalue weighted by Crippen LogP contribution is 2.29. The number of benzene rings is 2. The lowest BCUT2D eigenvalue weighted by Gasteiger charge is -2.09. The van der Waals surface area contributed by atoms with Crippen LogP contribution in [0.25, 0.3) is 10.9 Å². The van der Waals surface area contributed by atoms with E-state index in [-0.39, 0.29) is 0 Å². The molecule has 0 fully saturated rings. The summed E-state index contributed by atoms with van der Waals surface area (Å²) in [5, 5.41) is 0.837. The average Bonchev–Trinajstić information content (AvgIpc) is 2.90. The Bertz CT molecular complexity index is 816. The number of carbonyl (C=O) groups excluding carboxylic acids is 1. The Balaban J connectivity index is 1.92. The van der Waals surface area contributed by atoms with Crippen LogP contribution in [0, 0.1) is 0 Å². The van der Waals surface area contributed by atoms with Crippen molar-refractivity contribution in [1.29, 1.82) is 0 Å². The highest BCUT2D eigenvalue weighted by Gasteiger charge is 2.29. The molecule has 0 spiro atoms. The van der Waals surface area contributed by atoms with Crippen LogP contribution in [0.2, 0.25) is 0 Å². The minimum absolute atomic E-state index is 0.448. The second kappa shape index (κ2) is 5.33. The van der Waals surface area contributed by atoms with Gasteiger partial charge < -0.3 is 4.57 Å². The molecule has 0 saturated heterocycles. The Kier molecular flexibility index (Phi) is 3.48. The minimum Gasteiger partial charge on any atom is -0.343 e. The van der Waals surface area contributed by atoms with Gasteiger partial charge in [0.15, 0.2) is 6.29 Å². The largest absolute Gasteiger partial charge is 0.416 e. The quantitative estimate of drug-likeness (QED) is 0.652. The molecule has 0 N–H and O–H groups in total. The number of aromatic nitrogens is 1. The molecule has 2 aromatic carbocycles. The fraction of sp³-hybridized carbons (Fsp3) is 0.118. The van der Waals surface area contributed by atoms with Crippen molar-refractivity contribution in [3.05, 3.63) is 71.4 Å². The van der Waals surface area contributed by atoms with Gasteiger partial charge in [0.1, 0.15) is 0 Å². The third kappa shape index (κ3) is 2.62. The van der Waals surface area contributed by atoms with Gasteiger partial charge in [-0.05, 0) is 29.8 Å². The molecule has 0 aliphatic heterocycles. The highest BCUT2D eigenvalue weighted by atomic mass is 19.4. The number of fused-ring (bicyclic) bond motifs is 1. The van der Waals surface area contributed by atoms with Crippen LogP contribution in [0.5, 0.6) is 0 Å². The summed E-state index contributed by atoms with van der Waals surface area (Å²) < 4.78 is 39.6. The molecule has 0 radical (unpaired) electrons. The van der Waals surface area contributed by atoms with E-state index >= 15 is 0 Å². The van der Waals surface area contributed by atoms with E-state index in [0.29, 0.717) is 12.1 Å². The van der Waals surface area contributed by atoms with Crippen LogP contribution in [-0.4, -0.2) is 10.9 Å². The van der Waals surface area contributed by atoms with E-state index in [4.69, 9.17) is 0 Å². The Morgan fingerprint density at radius 1 is 1.00 bits per heavy atom. The summed E-state index contributed by atoms with van der Waals surface area (Å²) in [4.78, 5) is 11.0. The Morgan fingerprint density at radius 3 is 2.36 bits per heavy atom. The van der Waals surface area contributed by atoms with Crippen molar-refractivity contribution >= 4 is 17.2 Å². The molecule has 0 unspecified atom stereocenters. The van der Waals surface area contributed by atoms with Gasteiger partial charge >= 0.3 is 6.18 Å². The zero-order valence-electron chi connectivity index (χ0n) is 11.5. The van der Waals surface area contributed by atoms with Gasteiger partial charge in [0.2, 0.25) is 0 Å². The van der Waals surface area contributed by atoms with Gasteiger partial charge in [-0.1, -0.05) is 24.3 Å². The van der Waals surface area contributed by atoms with Crippen molar-refractivity contribution in [2.75, 3.05) is 0 Å². The van der Waals surface area contributed by atoms with Crippen molar-refractivity contribution in [2.45, 2.75) is 12.7 Å². The van der Waals surface area contributed by atoms with Gasteiger partial charge in [-0.2, -0.15) is 13.2 Å². The lowest BCUT2D eigenvalue weighted by molar-refractivity contribution is -0.137. The summed E-state index contributed by atoms with van der Waals surface area (Å²) in [5.74, 6) is 0. The number of rotatable bonds is 3. The predicted molar refractivity (Wildman–Crippen MR) is 77.9 cm³/mol. The van der Waals surface area contributed by atoms with Crippen molar-refractivity contribution in [2.24, 2.45) is 0 Å². The minimum atomic E-state index is -4.32. The predicted octanol–water partition coefficient (Wildman–Crippen LogP) is 4.52. The second-order valence-corrected chi connectivity index (χ2v) is 5.04. The first kappa shape index (κ1) is 14.4. The zero-order valence-corrected chi connectivity index (χ0v) is 11.5. The first-order chi connectivity index (χ1) is 10.5. The molecule has 22 heavy (non-hydrogen) atoms. The van der Waals surface area contributed by atoms with Crippen LogP contribution in [0.4, 0.5) is 13.2 Å². The van der Waals surface area contributed by atoms with Crippen LogP contribution < -0.4 is 0 Å². The average molecular weight is 303 g/mol. The molecule has 0 saturated carbocycles. The van der Waals surface area contributed by atoms with Gasteiger partial charge in [0.05, 0.1) is 5.56 Å². The Labute approximate surface area is 124 Å². The highest BCUT2D eigenvalue weighted by molar-refractivity contribution is 5.97. The molecule has 0 aliphatic rings. The molecule has 112 valence electrons. The lowest BCUT2D eigenvalue weighted by atomic mass is 10.1. The van der Waals surface area contributed by atoms with Gasteiger partial charge in [-0.15, -0.1) is 0 Å². The molecule has 0 bridgehead atoms. The molecule has 0 amide bonds. The number of halogens is 3. The summed E-state index contributed by atoms with van der Waals surface area (Å²) in [5.41, 5.74) is 1.59. The standard InChI is InChI=1S/C17H12F3NO/c18-17(19,20)14-6-4-12(5-7-14)10-21-9-8-15-13(11-22)2-1-3-16(15)21/h1-9,11H,10H2. The van der Waals surface area contributed by atoms with Gasteiger partial charge in [0.25, 0.3) is 0 Å². The zero-order chi connectivity index (χ0) is 15.7. The number of hydrogen-bond acceptors (Lipinski definition) is 1. The molecular formula is C17H12F3NO. The number of carbonyl (C=O) groups is 1. The topological polar surface area (TPSA) is 22.0 Å². The van der Waals surface area contributed by atoms with E-state index in [2.05, 4.69) is 0 Å². The van der Waals surface area contributed by atoms with Gasteiger partial charge in [-0.25, -0.2) is 0 Å². The monoisotopic (exact) mass is 303 g/mol. The van der Waals surface area contributed by atoms with Crippen molar-refractivity contribution in [1.82, 2.24) is 4.57 Å². The first-order valence-electron chi connectivity index (χ1n) is 6.68. The first-order valence-corrected chi connectivity index (χ1v) is 6.68. The van der Waals surface area contributed by atoms with E-state index < -0.39 is 11.7 Å². The summed E-state index contributed by atoms with van der Waals surface area (Å²) in [6.45, 7) is 0.448. The maximum Gasteiger partial charge on any atom is 0.416 e. The van der Waals surface area contributed by atoms with Crippen LogP contribution in [-0.2, 0) is 12.7 Å². The normalized spacial score (nSPS) is 11.8. The van der Waals surface area contributed by atoms with Crippen molar-refractivity contribution in [3.63, 3.8) is 0 Å². The van der Waals surface area contributed by atoms with Crippen molar-refractivity contribution < 1.29 is 18.0 Å². The SMILES string of the molecule is O=Cc1cccc2c1ccn2Cc1ccc(C(F)(F)F)cc1. The van der Waals surface area contributed by atoms with Crippen LogP contribution in [0.15, 0.2) is 54.7 Å². The van der Waals surface area contributed by atoms with E-state index in [9.17, 15) is 18.0 Å². The molecule has 2 nitrogen and oxygen atoms in total. The molecule has 1 aromatic heterocycles. The van der Waals surface area contributed by atoms with Gasteiger partial charge in [0, 0.05) is 29.2 Å². The Morgan fingerprint density at radius 2 is 1.73 bits per heavy atom. The van der Waals surface area contributed by atoms with Gasteiger partial charge in [-0.3, -0.25) is 4.79 Å². The van der Waals surface area contributed by atoms with Crippen LogP contribution in [0.3, 0.4) is 0 Å². The summed E-state index contributed by atoms with van der Waals surface area (Å²) in [7, 11) is 0. The third-order valence-electron chi connectivity index (χ3n) is 3.61. The maximum atomic E-state index is 12.6. The maximum absolute atomic E-state index is 12.6. The van der Waals surface area contributed by atoms with Crippen LogP contribution in [0.1, 0.15) is 21.5 Å². The molecule has 0 aliphatic carbocycles. The number of aldehydes is 1. The molecule has 5 heteroatoms. The van der Waals surface area contributed by atoms with E-state index in [1.165, 1.54) is 12.1 Å². The number of alkyl halides is 3. The van der Waals surface area contributed by atoms with Crippen LogP contribution >= 0.6 is 0 Å². The number of hydrogen-bond donors (Lipinski definition) is 0. The van der Waals surface area contributed by atoms with E-state index in [1.54, 1.807) is 12.1 Å². The fourth-order valence-corrected chi connectivity index (χ4v) is 2.48. The van der Waals surface area contributed by atoms with Crippen molar-refractivity contribution in [3.8, 4) is 0 Å². The summed E-state index contributed by atoms with van der Waals surface area (Å²) >= 11 is 0. The molecule has 0 atom stereocenters. The third-order valence-corrected chi connectivity index (χ3v) is 3.61. The molecule has 3 rings (SSSR count). The smallest absolute Gasteiger partial charge is 0.343 e. The summed E-state index contributed by atoms with van der Waals surface area (Å²) in [6, 6.07) is 12.3. The molecule has 3 aromatic rings. The fourth-order valence-electron chi connectivity index (χ4n) is 2.48. The van der Waals surface area contributed by atoms with E-state index in [1.807, 2.05) is 22.9 Å². The summed E-state index contributed by atoms with van der Waals surface area (Å²) in [6.07, 6.45) is -1.70. The number of nitrogens with zero attached hydrogens (tertiary/aromatic N) is 1. The Hall–Kier alpha value is -2.56. The molecular weight excluding hydrogens is 291 g/mol.